The Hall–Kier alpha value is -1.31. The molecule has 2 nitrogen and oxygen atoms in total. The fourth-order valence-electron chi connectivity index (χ4n) is 2.77. The van der Waals surface area contributed by atoms with Crippen molar-refractivity contribution in [1.29, 1.82) is 0 Å². The molecule has 0 N–H and O–H groups in total. The number of carbonyl (C=O) groups is 1. The van der Waals surface area contributed by atoms with E-state index >= 15 is 0 Å². The SMILES string of the molecule is CCCCCCCCCN(CC)C(=O)CCc1ccccc1. The molecule has 2 heteroatoms. The first kappa shape index (κ1) is 18.7. The van der Waals surface area contributed by atoms with E-state index in [0.29, 0.717) is 12.3 Å². The van der Waals surface area contributed by atoms with E-state index in [4.69, 9.17) is 0 Å². The lowest BCUT2D eigenvalue weighted by molar-refractivity contribution is -0.131. The quantitative estimate of drug-likeness (QED) is 0.485. The molecule has 0 spiro atoms. The third kappa shape index (κ3) is 8.21. The van der Waals surface area contributed by atoms with E-state index in [1.54, 1.807) is 0 Å². The number of rotatable bonds is 12. The number of aryl methyl sites for hydroxylation is 1. The van der Waals surface area contributed by atoms with Gasteiger partial charge in [-0.15, -0.1) is 0 Å². The molecule has 1 aromatic carbocycles. The summed E-state index contributed by atoms with van der Waals surface area (Å²) in [7, 11) is 0. The van der Waals surface area contributed by atoms with Gasteiger partial charge in [-0.05, 0) is 25.3 Å². The van der Waals surface area contributed by atoms with Crippen LogP contribution in [0.15, 0.2) is 30.3 Å². The summed E-state index contributed by atoms with van der Waals surface area (Å²) in [5.41, 5.74) is 1.25. The van der Waals surface area contributed by atoms with Crippen LogP contribution in [0.3, 0.4) is 0 Å². The van der Waals surface area contributed by atoms with Crippen molar-refractivity contribution >= 4 is 5.91 Å². The van der Waals surface area contributed by atoms with Gasteiger partial charge in [0.15, 0.2) is 0 Å². The van der Waals surface area contributed by atoms with E-state index in [1.165, 1.54) is 44.1 Å². The van der Waals surface area contributed by atoms with Gasteiger partial charge in [0.05, 0.1) is 0 Å². The molecule has 0 aliphatic carbocycles. The summed E-state index contributed by atoms with van der Waals surface area (Å²) in [6.45, 7) is 6.10. The Morgan fingerprint density at radius 2 is 1.55 bits per heavy atom. The highest BCUT2D eigenvalue weighted by Crippen LogP contribution is 2.09. The van der Waals surface area contributed by atoms with Crippen molar-refractivity contribution in [2.24, 2.45) is 0 Å². The normalized spacial score (nSPS) is 10.6. The molecule has 0 aromatic heterocycles. The molecule has 0 saturated carbocycles. The third-order valence-electron chi connectivity index (χ3n) is 4.24. The molecule has 0 bridgehead atoms. The Morgan fingerprint density at radius 1 is 0.909 bits per heavy atom. The maximum atomic E-state index is 12.3. The Balaban J connectivity index is 2.15. The van der Waals surface area contributed by atoms with Crippen LogP contribution >= 0.6 is 0 Å². The van der Waals surface area contributed by atoms with E-state index in [9.17, 15) is 4.79 Å². The van der Waals surface area contributed by atoms with Gasteiger partial charge in [0.25, 0.3) is 0 Å². The van der Waals surface area contributed by atoms with Gasteiger partial charge in [0.2, 0.25) is 5.91 Å². The summed E-state index contributed by atoms with van der Waals surface area (Å²) in [5.74, 6) is 0.303. The molecule has 0 aliphatic heterocycles. The van der Waals surface area contributed by atoms with Gasteiger partial charge >= 0.3 is 0 Å². The van der Waals surface area contributed by atoms with Crippen molar-refractivity contribution in [3.05, 3.63) is 35.9 Å². The van der Waals surface area contributed by atoms with Crippen molar-refractivity contribution in [2.45, 2.75) is 71.6 Å². The average molecular weight is 303 g/mol. The van der Waals surface area contributed by atoms with Gasteiger partial charge in [0.1, 0.15) is 0 Å². The van der Waals surface area contributed by atoms with Crippen LogP contribution in [0.4, 0.5) is 0 Å². The second-order valence-electron chi connectivity index (χ2n) is 6.08. The third-order valence-corrected chi connectivity index (χ3v) is 4.24. The topological polar surface area (TPSA) is 20.3 Å². The van der Waals surface area contributed by atoms with Crippen molar-refractivity contribution in [3.63, 3.8) is 0 Å². The van der Waals surface area contributed by atoms with Gasteiger partial charge in [-0.2, -0.15) is 0 Å². The van der Waals surface area contributed by atoms with Crippen LogP contribution in [-0.4, -0.2) is 23.9 Å². The average Bonchev–Trinajstić information content (AvgIpc) is 2.56. The molecule has 22 heavy (non-hydrogen) atoms. The molecule has 0 atom stereocenters. The van der Waals surface area contributed by atoms with Gasteiger partial charge in [-0.1, -0.05) is 75.8 Å². The van der Waals surface area contributed by atoms with Gasteiger partial charge in [-0.3, -0.25) is 4.79 Å². The van der Waals surface area contributed by atoms with E-state index < -0.39 is 0 Å². The van der Waals surface area contributed by atoms with Crippen LogP contribution in [0, 0.1) is 0 Å². The molecular weight excluding hydrogens is 270 g/mol. The van der Waals surface area contributed by atoms with Crippen molar-refractivity contribution in [2.75, 3.05) is 13.1 Å². The van der Waals surface area contributed by atoms with Crippen LogP contribution in [0.1, 0.15) is 70.8 Å². The summed E-state index contributed by atoms with van der Waals surface area (Å²) >= 11 is 0. The molecule has 0 unspecified atom stereocenters. The fourth-order valence-corrected chi connectivity index (χ4v) is 2.77. The largest absolute Gasteiger partial charge is 0.343 e. The molecule has 1 aromatic rings. The first-order chi connectivity index (χ1) is 10.8. The monoisotopic (exact) mass is 303 g/mol. The Labute approximate surface area is 136 Å². The molecule has 0 aliphatic rings. The number of hydrogen-bond donors (Lipinski definition) is 0. The maximum absolute atomic E-state index is 12.3. The minimum atomic E-state index is 0.303. The Kier molecular flexibility index (Phi) is 10.4. The standard InChI is InChI=1S/C20H33NO/c1-3-5-6-7-8-9-13-18-21(4-2)20(22)17-16-19-14-11-10-12-15-19/h10-12,14-15H,3-9,13,16-18H2,1-2H3. The fraction of sp³-hybridized carbons (Fsp3) is 0.650. The first-order valence-electron chi connectivity index (χ1n) is 9.09. The molecule has 124 valence electrons. The molecule has 0 radical (unpaired) electrons. The van der Waals surface area contributed by atoms with Gasteiger partial charge < -0.3 is 4.90 Å². The minimum Gasteiger partial charge on any atom is -0.343 e. The predicted octanol–water partition coefficient (Wildman–Crippen LogP) is 5.22. The number of amides is 1. The number of hydrogen-bond acceptors (Lipinski definition) is 1. The van der Waals surface area contributed by atoms with Crippen molar-refractivity contribution < 1.29 is 4.79 Å². The number of carbonyl (C=O) groups excluding carboxylic acids is 1. The van der Waals surface area contributed by atoms with Crippen molar-refractivity contribution in [1.82, 2.24) is 4.90 Å². The zero-order chi connectivity index (χ0) is 16.0. The second-order valence-corrected chi connectivity index (χ2v) is 6.08. The number of nitrogens with zero attached hydrogens (tertiary/aromatic N) is 1. The lowest BCUT2D eigenvalue weighted by Crippen LogP contribution is -2.31. The van der Waals surface area contributed by atoms with Gasteiger partial charge in [-0.25, -0.2) is 0 Å². The van der Waals surface area contributed by atoms with Crippen LogP contribution in [-0.2, 0) is 11.2 Å². The highest BCUT2D eigenvalue weighted by molar-refractivity contribution is 5.76. The molecule has 0 fully saturated rings. The van der Waals surface area contributed by atoms with E-state index in [0.717, 1.165) is 25.9 Å². The summed E-state index contributed by atoms with van der Waals surface area (Å²) in [5, 5.41) is 0. The molecular formula is C20H33NO. The van der Waals surface area contributed by atoms with Crippen molar-refractivity contribution in [3.8, 4) is 0 Å². The second kappa shape index (κ2) is 12.3. The molecule has 1 amide bonds. The minimum absolute atomic E-state index is 0.303. The zero-order valence-electron chi connectivity index (χ0n) is 14.5. The highest BCUT2D eigenvalue weighted by Gasteiger charge is 2.10. The smallest absolute Gasteiger partial charge is 0.222 e. The highest BCUT2D eigenvalue weighted by atomic mass is 16.2. The maximum Gasteiger partial charge on any atom is 0.222 e. The molecule has 0 saturated heterocycles. The summed E-state index contributed by atoms with van der Waals surface area (Å²) in [4.78, 5) is 14.3. The Bertz CT molecular complexity index is 388. The molecule has 0 heterocycles. The summed E-state index contributed by atoms with van der Waals surface area (Å²) < 4.78 is 0. The Morgan fingerprint density at radius 3 is 2.18 bits per heavy atom. The number of benzene rings is 1. The predicted molar refractivity (Wildman–Crippen MR) is 95.0 cm³/mol. The summed E-state index contributed by atoms with van der Waals surface area (Å²) in [6, 6.07) is 10.3. The van der Waals surface area contributed by atoms with Crippen LogP contribution in [0.25, 0.3) is 0 Å². The van der Waals surface area contributed by atoms with Gasteiger partial charge in [0, 0.05) is 19.5 Å². The van der Waals surface area contributed by atoms with E-state index in [-0.39, 0.29) is 0 Å². The van der Waals surface area contributed by atoms with Crippen LogP contribution in [0.5, 0.6) is 0 Å². The lowest BCUT2D eigenvalue weighted by atomic mass is 10.1. The zero-order valence-corrected chi connectivity index (χ0v) is 14.5. The van der Waals surface area contributed by atoms with E-state index in [2.05, 4.69) is 26.0 Å². The number of unbranched alkanes of at least 4 members (excludes halogenated alkanes) is 6. The van der Waals surface area contributed by atoms with E-state index in [1.807, 2.05) is 23.1 Å². The summed E-state index contributed by atoms with van der Waals surface area (Å²) in [6.07, 6.45) is 10.6. The lowest BCUT2D eigenvalue weighted by Gasteiger charge is -2.21. The first-order valence-corrected chi connectivity index (χ1v) is 9.09. The molecule has 1 rings (SSSR count). The van der Waals surface area contributed by atoms with Crippen LogP contribution in [0.2, 0.25) is 0 Å². The van der Waals surface area contributed by atoms with Crippen LogP contribution < -0.4 is 0 Å².